The average molecular weight is 351 g/mol. The summed E-state index contributed by atoms with van der Waals surface area (Å²) in [4.78, 5) is 11.1. The molecule has 26 heavy (non-hydrogen) atoms. The fourth-order valence-electron chi connectivity index (χ4n) is 3.12. The highest BCUT2D eigenvalue weighted by molar-refractivity contribution is 6.05. The zero-order valence-electron chi connectivity index (χ0n) is 14.9. The van der Waals surface area contributed by atoms with Gasteiger partial charge in [-0.05, 0) is 31.5 Å². The van der Waals surface area contributed by atoms with Crippen molar-refractivity contribution >= 4 is 22.3 Å². The molecule has 1 aromatic carbocycles. The number of nitrogens with one attached hydrogen (secondary N) is 1. The topological polar surface area (TPSA) is 86.8 Å². The van der Waals surface area contributed by atoms with Gasteiger partial charge >= 0.3 is 0 Å². The van der Waals surface area contributed by atoms with E-state index < -0.39 is 0 Å². The van der Waals surface area contributed by atoms with Crippen LogP contribution in [-0.4, -0.2) is 46.9 Å². The van der Waals surface area contributed by atoms with Gasteiger partial charge in [0.25, 0.3) is 0 Å². The van der Waals surface area contributed by atoms with Crippen molar-refractivity contribution in [1.29, 1.82) is 0 Å². The second-order valence-electron chi connectivity index (χ2n) is 6.33. The molecule has 1 aliphatic rings. The molecule has 1 fully saturated rings. The number of nitrogens with zero attached hydrogens (tertiary/aromatic N) is 3. The maximum absolute atomic E-state index is 8.96. The highest BCUT2D eigenvalue weighted by Gasteiger charge is 2.25. The van der Waals surface area contributed by atoms with E-state index in [1.807, 2.05) is 30.3 Å². The third kappa shape index (κ3) is 4.28. The number of aliphatic imine (C=N–C) groups is 1. The number of para-hydroxylation sites is 1. The number of aliphatic hydroxyl groups is 1. The number of benzene rings is 1. The van der Waals surface area contributed by atoms with Crippen LogP contribution in [0, 0.1) is 0 Å². The predicted molar refractivity (Wildman–Crippen MR) is 107 cm³/mol. The summed E-state index contributed by atoms with van der Waals surface area (Å²) in [7, 11) is 0. The van der Waals surface area contributed by atoms with E-state index in [0.717, 1.165) is 60.4 Å². The normalized spacial score (nSPS) is 18.4. The number of aromatic nitrogens is 1. The Morgan fingerprint density at radius 2 is 2.19 bits per heavy atom. The van der Waals surface area contributed by atoms with Gasteiger partial charge in [-0.3, -0.25) is 14.9 Å². The molecule has 0 radical (unpaired) electrons. The maximum atomic E-state index is 8.96. The molecule has 2 heterocycles. The lowest BCUT2D eigenvalue weighted by atomic mass is 10.2. The van der Waals surface area contributed by atoms with Crippen LogP contribution in [0.15, 0.2) is 65.7 Å². The van der Waals surface area contributed by atoms with Crippen LogP contribution in [0.2, 0.25) is 0 Å². The standard InChI is InChI=1S/C20H25N5O/c1-2-22-19-14-25(9-5-6-10-26)13-17(19)20(21)24-16-11-15-7-3-4-8-18(15)23-12-16/h2-4,7-8,11-12,24,26H,1,5-6,9-10,13-14,21H2/b20-17+,22-19-. The summed E-state index contributed by atoms with van der Waals surface area (Å²) in [5.41, 5.74) is 10.1. The zero-order chi connectivity index (χ0) is 18.4. The molecule has 4 N–H and O–H groups in total. The Kier molecular flexibility index (Phi) is 5.99. The maximum Gasteiger partial charge on any atom is 0.107 e. The molecule has 0 atom stereocenters. The van der Waals surface area contributed by atoms with Crippen molar-refractivity contribution in [2.24, 2.45) is 10.7 Å². The van der Waals surface area contributed by atoms with Crippen molar-refractivity contribution in [1.82, 2.24) is 9.88 Å². The summed E-state index contributed by atoms with van der Waals surface area (Å²) in [6, 6.07) is 10.0. The molecule has 6 nitrogen and oxygen atoms in total. The smallest absolute Gasteiger partial charge is 0.107 e. The van der Waals surface area contributed by atoms with Crippen LogP contribution in [0.25, 0.3) is 10.9 Å². The number of aliphatic hydroxyl groups excluding tert-OH is 1. The van der Waals surface area contributed by atoms with Crippen LogP contribution in [0.1, 0.15) is 12.8 Å². The number of hydrogen-bond acceptors (Lipinski definition) is 6. The van der Waals surface area contributed by atoms with Crippen molar-refractivity contribution < 1.29 is 5.11 Å². The van der Waals surface area contributed by atoms with Crippen LogP contribution in [0.5, 0.6) is 0 Å². The van der Waals surface area contributed by atoms with Crippen molar-refractivity contribution in [2.75, 3.05) is 31.6 Å². The minimum atomic E-state index is 0.225. The van der Waals surface area contributed by atoms with E-state index in [2.05, 4.69) is 26.8 Å². The largest absolute Gasteiger partial charge is 0.396 e. The molecule has 3 rings (SSSR count). The van der Waals surface area contributed by atoms with Crippen LogP contribution in [-0.2, 0) is 0 Å². The predicted octanol–water partition coefficient (Wildman–Crippen LogP) is 2.49. The zero-order valence-corrected chi connectivity index (χ0v) is 14.9. The van der Waals surface area contributed by atoms with Crippen LogP contribution < -0.4 is 11.1 Å². The molecular formula is C20H25N5O. The molecule has 0 spiro atoms. The van der Waals surface area contributed by atoms with Crippen LogP contribution >= 0.6 is 0 Å². The van der Waals surface area contributed by atoms with Gasteiger partial charge in [0, 0.05) is 36.9 Å². The van der Waals surface area contributed by atoms with Crippen molar-refractivity contribution in [3.8, 4) is 0 Å². The Balaban J connectivity index is 1.79. The molecule has 0 bridgehead atoms. The van der Waals surface area contributed by atoms with E-state index in [0.29, 0.717) is 5.82 Å². The number of nitrogens with two attached hydrogens (primary N) is 1. The first-order valence-electron chi connectivity index (χ1n) is 8.83. The molecule has 2 aromatic rings. The molecule has 136 valence electrons. The fraction of sp³-hybridized carbons (Fsp3) is 0.300. The van der Waals surface area contributed by atoms with Crippen LogP contribution in [0.3, 0.4) is 0 Å². The number of likely N-dealkylation sites (tertiary alicyclic amines) is 1. The Morgan fingerprint density at radius 1 is 1.35 bits per heavy atom. The lowest BCUT2D eigenvalue weighted by Crippen LogP contribution is -2.22. The molecule has 1 aromatic heterocycles. The second kappa shape index (κ2) is 8.60. The third-order valence-corrected chi connectivity index (χ3v) is 4.43. The van der Waals surface area contributed by atoms with Crippen molar-refractivity contribution in [2.45, 2.75) is 12.8 Å². The Hall–Kier alpha value is -2.70. The van der Waals surface area contributed by atoms with Gasteiger partial charge in [0.2, 0.25) is 0 Å². The van der Waals surface area contributed by atoms with Gasteiger partial charge in [-0.15, -0.1) is 0 Å². The number of hydrogen-bond donors (Lipinski definition) is 3. The Labute approximate surface area is 153 Å². The van der Waals surface area contributed by atoms with Gasteiger partial charge in [-0.25, -0.2) is 0 Å². The number of fused-ring (bicyclic) bond motifs is 1. The second-order valence-corrected chi connectivity index (χ2v) is 6.33. The van der Waals surface area contributed by atoms with E-state index >= 15 is 0 Å². The first-order chi connectivity index (χ1) is 12.7. The lowest BCUT2D eigenvalue weighted by Gasteiger charge is -2.13. The molecule has 0 saturated carbocycles. The molecule has 0 amide bonds. The van der Waals surface area contributed by atoms with Crippen molar-refractivity contribution in [3.05, 3.63) is 60.7 Å². The highest BCUT2D eigenvalue weighted by atomic mass is 16.2. The monoisotopic (exact) mass is 351 g/mol. The number of pyridine rings is 1. The molecule has 0 aliphatic carbocycles. The highest BCUT2D eigenvalue weighted by Crippen LogP contribution is 2.20. The first-order valence-corrected chi connectivity index (χ1v) is 8.83. The van der Waals surface area contributed by atoms with E-state index in [1.54, 1.807) is 12.4 Å². The lowest BCUT2D eigenvalue weighted by molar-refractivity contribution is 0.268. The minimum Gasteiger partial charge on any atom is -0.396 e. The summed E-state index contributed by atoms with van der Waals surface area (Å²) in [6.07, 6.45) is 5.10. The third-order valence-electron chi connectivity index (χ3n) is 4.43. The SMILES string of the molecule is C=C/N=C1/CN(CCCCO)C/C1=C(/N)Nc1cnc2ccccc2c1. The molecule has 0 unspecified atom stereocenters. The van der Waals surface area contributed by atoms with E-state index in [1.165, 1.54) is 0 Å². The average Bonchev–Trinajstić information content (AvgIpc) is 3.05. The van der Waals surface area contributed by atoms with Gasteiger partial charge in [-0.1, -0.05) is 24.8 Å². The number of anilines is 1. The summed E-state index contributed by atoms with van der Waals surface area (Å²) in [6.45, 7) is 6.31. The molecule has 6 heteroatoms. The summed E-state index contributed by atoms with van der Waals surface area (Å²) in [5.74, 6) is 0.590. The molecular weight excluding hydrogens is 326 g/mol. The molecule has 1 aliphatic heterocycles. The quantitative estimate of drug-likeness (QED) is 0.667. The van der Waals surface area contributed by atoms with E-state index in [-0.39, 0.29) is 6.61 Å². The summed E-state index contributed by atoms with van der Waals surface area (Å²) >= 11 is 0. The van der Waals surface area contributed by atoms with Gasteiger partial charge in [-0.2, -0.15) is 0 Å². The minimum absolute atomic E-state index is 0.225. The number of rotatable bonds is 7. The van der Waals surface area contributed by atoms with E-state index in [4.69, 9.17) is 10.8 Å². The number of unbranched alkanes of at least 4 members (excludes halogenated alkanes) is 1. The fourth-order valence-corrected chi connectivity index (χ4v) is 3.12. The van der Waals surface area contributed by atoms with Gasteiger partial charge in [0.05, 0.1) is 23.1 Å². The van der Waals surface area contributed by atoms with E-state index in [9.17, 15) is 0 Å². The Bertz CT molecular complexity index is 843. The first kappa shape index (κ1) is 18.1. The van der Waals surface area contributed by atoms with Crippen LogP contribution in [0.4, 0.5) is 5.69 Å². The van der Waals surface area contributed by atoms with Gasteiger partial charge < -0.3 is 16.2 Å². The summed E-state index contributed by atoms with van der Waals surface area (Å²) < 4.78 is 0. The molecule has 1 saturated heterocycles. The Morgan fingerprint density at radius 3 is 3.00 bits per heavy atom. The summed E-state index contributed by atoms with van der Waals surface area (Å²) in [5, 5.41) is 13.3. The van der Waals surface area contributed by atoms with Gasteiger partial charge in [0.1, 0.15) is 5.82 Å². The van der Waals surface area contributed by atoms with Crippen molar-refractivity contribution in [3.63, 3.8) is 0 Å². The van der Waals surface area contributed by atoms with Gasteiger partial charge in [0.15, 0.2) is 0 Å².